The number of rotatable bonds is 7. The number of hydrogen-bond donors (Lipinski definition) is 1. The first kappa shape index (κ1) is 22.7. The summed E-state index contributed by atoms with van der Waals surface area (Å²) in [4.78, 5) is 18.7. The van der Waals surface area contributed by atoms with Crippen molar-refractivity contribution in [3.8, 4) is 11.5 Å². The summed E-state index contributed by atoms with van der Waals surface area (Å²) in [5, 5.41) is 11.2. The van der Waals surface area contributed by atoms with Crippen molar-refractivity contribution in [2.45, 2.75) is 6.92 Å². The minimum atomic E-state index is -0.422. The smallest absolute Gasteiger partial charge is 0.283 e. The van der Waals surface area contributed by atoms with E-state index in [1.165, 1.54) is 11.8 Å². The third-order valence-corrected chi connectivity index (χ3v) is 6.29. The van der Waals surface area contributed by atoms with E-state index in [1.54, 1.807) is 11.0 Å². The number of thioether (sulfide) groups is 1. The van der Waals surface area contributed by atoms with Crippen molar-refractivity contribution >= 4 is 40.4 Å². The van der Waals surface area contributed by atoms with Crippen molar-refractivity contribution in [2.24, 2.45) is 4.99 Å². The Bertz CT molecular complexity index is 1380. The van der Waals surface area contributed by atoms with Gasteiger partial charge in [0.2, 0.25) is 0 Å². The van der Waals surface area contributed by atoms with E-state index in [9.17, 15) is 4.79 Å². The quantitative estimate of drug-likeness (QED) is 0.343. The van der Waals surface area contributed by atoms with Gasteiger partial charge >= 0.3 is 0 Å². The summed E-state index contributed by atoms with van der Waals surface area (Å²) < 4.78 is 11.6. The van der Waals surface area contributed by atoms with Crippen LogP contribution in [0.2, 0.25) is 0 Å². The van der Waals surface area contributed by atoms with Gasteiger partial charge in [0.15, 0.2) is 5.17 Å². The largest absolute Gasteiger partial charge is 0.490 e. The van der Waals surface area contributed by atoms with E-state index in [0.717, 1.165) is 28.1 Å². The number of benzene rings is 3. The van der Waals surface area contributed by atoms with Gasteiger partial charge in [-0.1, -0.05) is 66.4 Å². The van der Waals surface area contributed by atoms with Crippen LogP contribution in [0.4, 0.5) is 0 Å². The number of amidine groups is 2. The van der Waals surface area contributed by atoms with Gasteiger partial charge in [-0.3, -0.25) is 15.1 Å². The molecular formula is C28H23N3O3S. The highest BCUT2D eigenvalue weighted by Gasteiger charge is 2.36. The third-order valence-electron chi connectivity index (χ3n) is 5.46. The SMILES string of the molecule is Cc1cccc(OCCOc2cccc(/C=C3/C(=N)N4C(c5ccccc5)=CSC4=NC3=O)c2)c1. The van der Waals surface area contributed by atoms with Crippen LogP contribution in [0.15, 0.2) is 94.8 Å². The van der Waals surface area contributed by atoms with Gasteiger partial charge in [-0.2, -0.15) is 4.99 Å². The van der Waals surface area contributed by atoms with Crippen molar-refractivity contribution in [3.05, 3.63) is 107 Å². The number of carbonyl (C=O) groups excluding carboxylic acids is 1. The van der Waals surface area contributed by atoms with Crippen molar-refractivity contribution in [1.29, 1.82) is 5.41 Å². The molecule has 3 aromatic rings. The van der Waals surface area contributed by atoms with Crippen LogP contribution in [0.5, 0.6) is 11.5 Å². The molecule has 0 bridgehead atoms. The molecule has 174 valence electrons. The molecule has 0 saturated heterocycles. The number of nitrogens with one attached hydrogen (secondary N) is 1. The minimum Gasteiger partial charge on any atom is -0.490 e. The van der Waals surface area contributed by atoms with E-state index < -0.39 is 5.91 Å². The lowest BCUT2D eigenvalue weighted by atomic mass is 10.1. The van der Waals surface area contributed by atoms with Crippen molar-refractivity contribution < 1.29 is 14.3 Å². The summed E-state index contributed by atoms with van der Waals surface area (Å²) in [6, 6.07) is 25.1. The summed E-state index contributed by atoms with van der Waals surface area (Å²) in [6.45, 7) is 2.82. The molecule has 1 N–H and O–H groups in total. The van der Waals surface area contributed by atoms with Crippen LogP contribution in [0.25, 0.3) is 11.8 Å². The van der Waals surface area contributed by atoms with E-state index >= 15 is 0 Å². The Hall–Kier alpha value is -4.10. The predicted molar refractivity (Wildman–Crippen MR) is 141 cm³/mol. The van der Waals surface area contributed by atoms with E-state index in [2.05, 4.69) is 4.99 Å². The molecule has 0 radical (unpaired) electrons. The number of ether oxygens (including phenoxy) is 2. The lowest BCUT2D eigenvalue weighted by Crippen LogP contribution is -2.38. The zero-order chi connectivity index (χ0) is 24.2. The molecule has 2 aliphatic rings. The number of fused-ring (bicyclic) bond motifs is 1. The maximum absolute atomic E-state index is 12.7. The Balaban J connectivity index is 1.29. The molecule has 0 aromatic heterocycles. The molecule has 0 fully saturated rings. The van der Waals surface area contributed by atoms with Crippen LogP contribution < -0.4 is 9.47 Å². The average Bonchev–Trinajstić information content (AvgIpc) is 3.29. The molecule has 0 spiro atoms. The normalized spacial score (nSPS) is 16.1. The summed E-state index contributed by atoms with van der Waals surface area (Å²) in [6.07, 6.45) is 1.69. The number of carbonyl (C=O) groups is 1. The zero-order valence-electron chi connectivity index (χ0n) is 19.1. The lowest BCUT2D eigenvalue weighted by Gasteiger charge is -2.26. The Labute approximate surface area is 208 Å². The summed E-state index contributed by atoms with van der Waals surface area (Å²) >= 11 is 1.35. The van der Waals surface area contributed by atoms with Gasteiger partial charge in [0.1, 0.15) is 30.5 Å². The molecule has 2 aliphatic heterocycles. The highest BCUT2D eigenvalue weighted by Crippen LogP contribution is 2.37. The van der Waals surface area contributed by atoms with Crippen LogP contribution in [-0.4, -0.2) is 35.0 Å². The number of hydrogen-bond acceptors (Lipinski definition) is 5. The molecular weight excluding hydrogens is 458 g/mol. The first-order valence-electron chi connectivity index (χ1n) is 11.2. The molecule has 7 heteroatoms. The van der Waals surface area contributed by atoms with E-state index in [4.69, 9.17) is 14.9 Å². The summed E-state index contributed by atoms with van der Waals surface area (Å²) in [5.74, 6) is 1.16. The number of amides is 1. The molecule has 6 nitrogen and oxygen atoms in total. The summed E-state index contributed by atoms with van der Waals surface area (Å²) in [7, 11) is 0. The fourth-order valence-electron chi connectivity index (χ4n) is 3.80. The Morgan fingerprint density at radius 3 is 2.40 bits per heavy atom. The molecule has 0 unspecified atom stereocenters. The Morgan fingerprint density at radius 1 is 0.943 bits per heavy atom. The Kier molecular flexibility index (Phi) is 6.50. The van der Waals surface area contributed by atoms with Crippen LogP contribution in [0.1, 0.15) is 16.7 Å². The second-order valence-electron chi connectivity index (χ2n) is 8.01. The summed E-state index contributed by atoms with van der Waals surface area (Å²) in [5.41, 5.74) is 3.93. The molecule has 0 aliphatic carbocycles. The standard InChI is InChI=1S/C28H23N3O3S/c1-19-7-5-11-22(15-19)33-13-14-34-23-12-6-8-20(16-23)17-24-26(29)31-25(21-9-3-2-4-10-21)18-35-28(31)30-27(24)32/h2-12,15-18,29H,13-14H2,1H3/b24-17-,29-26?. The van der Waals surface area contributed by atoms with Gasteiger partial charge in [0.05, 0.1) is 11.3 Å². The molecule has 3 aromatic carbocycles. The third kappa shape index (κ3) is 5.05. The second kappa shape index (κ2) is 10.0. The molecule has 1 amide bonds. The van der Waals surface area contributed by atoms with E-state index in [1.807, 2.05) is 91.2 Å². The first-order chi connectivity index (χ1) is 17.1. The van der Waals surface area contributed by atoms with Crippen molar-refractivity contribution in [2.75, 3.05) is 13.2 Å². The van der Waals surface area contributed by atoms with Crippen molar-refractivity contribution in [3.63, 3.8) is 0 Å². The van der Waals surface area contributed by atoms with Gasteiger partial charge < -0.3 is 9.47 Å². The van der Waals surface area contributed by atoms with E-state index in [-0.39, 0.29) is 11.4 Å². The van der Waals surface area contributed by atoms with Crippen LogP contribution in [-0.2, 0) is 4.79 Å². The average molecular weight is 482 g/mol. The fourth-order valence-corrected chi connectivity index (χ4v) is 4.69. The minimum absolute atomic E-state index is 0.109. The molecule has 0 atom stereocenters. The fraction of sp³-hybridized carbons (Fsp3) is 0.107. The zero-order valence-corrected chi connectivity index (χ0v) is 19.9. The Morgan fingerprint density at radius 2 is 1.66 bits per heavy atom. The van der Waals surface area contributed by atoms with Gasteiger partial charge in [-0.25, -0.2) is 0 Å². The van der Waals surface area contributed by atoms with Crippen LogP contribution in [0, 0.1) is 12.3 Å². The number of nitrogens with zero attached hydrogens (tertiary/aromatic N) is 2. The monoisotopic (exact) mass is 481 g/mol. The van der Waals surface area contributed by atoms with Gasteiger partial charge in [0, 0.05) is 5.41 Å². The predicted octanol–water partition coefficient (Wildman–Crippen LogP) is 5.76. The first-order valence-corrected chi connectivity index (χ1v) is 12.0. The number of aliphatic imine (C=N–C) groups is 1. The molecule has 2 heterocycles. The second-order valence-corrected chi connectivity index (χ2v) is 8.85. The van der Waals surface area contributed by atoms with Gasteiger partial charge in [-0.05, 0) is 54.0 Å². The highest BCUT2D eigenvalue weighted by molar-refractivity contribution is 8.17. The maximum atomic E-state index is 12.7. The van der Waals surface area contributed by atoms with Crippen LogP contribution >= 0.6 is 11.8 Å². The molecule has 0 saturated carbocycles. The molecule has 35 heavy (non-hydrogen) atoms. The van der Waals surface area contributed by atoms with Gasteiger partial charge in [-0.15, -0.1) is 0 Å². The van der Waals surface area contributed by atoms with Crippen molar-refractivity contribution in [1.82, 2.24) is 4.90 Å². The lowest BCUT2D eigenvalue weighted by molar-refractivity contribution is -0.114. The highest BCUT2D eigenvalue weighted by atomic mass is 32.2. The van der Waals surface area contributed by atoms with Crippen LogP contribution in [0.3, 0.4) is 0 Å². The van der Waals surface area contributed by atoms with E-state index in [0.29, 0.717) is 24.1 Å². The molecule has 5 rings (SSSR count). The topological polar surface area (TPSA) is 75.0 Å². The maximum Gasteiger partial charge on any atom is 0.283 e. The van der Waals surface area contributed by atoms with Gasteiger partial charge in [0.25, 0.3) is 5.91 Å². The number of aryl methyl sites for hydroxylation is 1.